The van der Waals surface area contributed by atoms with Gasteiger partial charge in [-0.25, -0.2) is 0 Å². The molecule has 6 nitrogen and oxygen atoms in total. The quantitative estimate of drug-likeness (QED) is 0.705. The number of carbonyl (C=O) groups excluding carboxylic acids is 1. The first-order valence-corrected chi connectivity index (χ1v) is 6.43. The summed E-state index contributed by atoms with van der Waals surface area (Å²) in [7, 11) is 0. The van der Waals surface area contributed by atoms with Crippen LogP contribution in [0.1, 0.15) is 44.8 Å². The summed E-state index contributed by atoms with van der Waals surface area (Å²) in [5, 5.41) is 9.82. The smallest absolute Gasteiger partial charge is 0.227 e. The number of hydrogen-bond acceptors (Lipinski definition) is 5. The lowest BCUT2D eigenvalue weighted by Gasteiger charge is -2.04. The van der Waals surface area contributed by atoms with Gasteiger partial charge in [0.15, 0.2) is 5.82 Å². The van der Waals surface area contributed by atoms with Crippen molar-refractivity contribution in [3.05, 3.63) is 11.7 Å². The van der Waals surface area contributed by atoms with Gasteiger partial charge in [-0.05, 0) is 6.54 Å². The van der Waals surface area contributed by atoms with Crippen LogP contribution in [0.5, 0.6) is 0 Å². The number of rotatable bonds is 8. The van der Waals surface area contributed by atoms with Crippen LogP contribution in [0.25, 0.3) is 0 Å². The molecule has 0 aliphatic rings. The van der Waals surface area contributed by atoms with E-state index in [2.05, 4.69) is 20.8 Å². The third-order valence-corrected chi connectivity index (χ3v) is 2.44. The molecule has 0 atom stereocenters. The van der Waals surface area contributed by atoms with Gasteiger partial charge in [0.1, 0.15) is 0 Å². The monoisotopic (exact) mass is 290 g/mol. The molecule has 0 saturated carbocycles. The molecule has 7 heteroatoms. The number of likely N-dealkylation sites (N-methyl/N-ethyl adjacent to an activating group) is 1. The van der Waals surface area contributed by atoms with E-state index in [1.165, 1.54) is 0 Å². The fraction of sp³-hybridized carbons (Fsp3) is 0.750. The van der Waals surface area contributed by atoms with Crippen molar-refractivity contribution < 1.29 is 9.32 Å². The molecule has 0 aliphatic heterocycles. The number of nitrogens with one attached hydrogen (secondary N) is 2. The number of amides is 1. The van der Waals surface area contributed by atoms with Crippen molar-refractivity contribution in [2.75, 3.05) is 19.6 Å². The second-order valence-electron chi connectivity index (χ2n) is 4.40. The zero-order valence-electron chi connectivity index (χ0n) is 11.7. The molecule has 0 radical (unpaired) electrons. The second kappa shape index (κ2) is 9.75. The van der Waals surface area contributed by atoms with Gasteiger partial charge in [-0.2, -0.15) is 4.98 Å². The van der Waals surface area contributed by atoms with E-state index in [4.69, 9.17) is 4.52 Å². The van der Waals surface area contributed by atoms with Gasteiger partial charge in [-0.15, -0.1) is 12.4 Å². The summed E-state index contributed by atoms with van der Waals surface area (Å²) in [4.78, 5) is 15.7. The molecule has 1 heterocycles. The lowest BCUT2D eigenvalue weighted by atomic mass is 10.2. The van der Waals surface area contributed by atoms with E-state index in [-0.39, 0.29) is 24.2 Å². The van der Waals surface area contributed by atoms with Gasteiger partial charge in [0.05, 0.1) is 0 Å². The summed E-state index contributed by atoms with van der Waals surface area (Å²) in [5.41, 5.74) is 0. The fourth-order valence-corrected chi connectivity index (χ4v) is 1.38. The molecule has 0 spiro atoms. The average molecular weight is 291 g/mol. The van der Waals surface area contributed by atoms with Crippen LogP contribution in [0, 0.1) is 0 Å². The van der Waals surface area contributed by atoms with Crippen molar-refractivity contribution in [3.8, 4) is 0 Å². The molecule has 1 aromatic heterocycles. The molecule has 1 aromatic rings. The third-order valence-electron chi connectivity index (χ3n) is 2.44. The van der Waals surface area contributed by atoms with Crippen LogP contribution < -0.4 is 10.6 Å². The molecule has 1 amide bonds. The van der Waals surface area contributed by atoms with E-state index in [0.29, 0.717) is 31.1 Å². The van der Waals surface area contributed by atoms with Crippen molar-refractivity contribution in [2.24, 2.45) is 0 Å². The minimum Gasteiger partial charge on any atom is -0.355 e. The van der Waals surface area contributed by atoms with Gasteiger partial charge in [-0.3, -0.25) is 4.79 Å². The van der Waals surface area contributed by atoms with Crippen molar-refractivity contribution >= 4 is 18.3 Å². The number of aromatic nitrogens is 2. The Labute approximate surface area is 120 Å². The Hall–Kier alpha value is -1.14. The van der Waals surface area contributed by atoms with Crippen molar-refractivity contribution in [1.29, 1.82) is 0 Å². The van der Waals surface area contributed by atoms with E-state index in [1.54, 1.807) is 0 Å². The maximum Gasteiger partial charge on any atom is 0.227 e. The Morgan fingerprint density at radius 2 is 2.11 bits per heavy atom. The average Bonchev–Trinajstić information content (AvgIpc) is 2.81. The van der Waals surface area contributed by atoms with Crippen LogP contribution in [0.15, 0.2) is 4.52 Å². The maximum atomic E-state index is 11.5. The van der Waals surface area contributed by atoms with Gasteiger partial charge < -0.3 is 15.2 Å². The first kappa shape index (κ1) is 17.9. The van der Waals surface area contributed by atoms with Crippen LogP contribution in [0.3, 0.4) is 0 Å². The summed E-state index contributed by atoms with van der Waals surface area (Å²) in [6, 6.07) is 0. The molecule has 0 fully saturated rings. The minimum absolute atomic E-state index is 0. The molecule has 0 aromatic carbocycles. The largest absolute Gasteiger partial charge is 0.355 e. The highest BCUT2D eigenvalue weighted by Crippen LogP contribution is 2.10. The van der Waals surface area contributed by atoms with Crippen LogP contribution in [-0.2, 0) is 11.2 Å². The number of hydrogen-bond donors (Lipinski definition) is 2. The molecule has 110 valence electrons. The molecule has 0 aliphatic carbocycles. The predicted octanol–water partition coefficient (Wildman–Crippen LogP) is 1.27. The van der Waals surface area contributed by atoms with E-state index in [1.807, 2.05) is 20.8 Å². The highest BCUT2D eigenvalue weighted by Gasteiger charge is 2.10. The summed E-state index contributed by atoms with van der Waals surface area (Å²) in [6.45, 7) is 8.39. The zero-order valence-corrected chi connectivity index (χ0v) is 12.5. The van der Waals surface area contributed by atoms with Crippen LogP contribution in [0.2, 0.25) is 0 Å². The molecule has 0 saturated heterocycles. The van der Waals surface area contributed by atoms with Crippen LogP contribution >= 0.6 is 12.4 Å². The Morgan fingerprint density at radius 1 is 1.37 bits per heavy atom. The molecular weight excluding hydrogens is 268 g/mol. The number of nitrogens with zero attached hydrogens (tertiary/aromatic N) is 2. The van der Waals surface area contributed by atoms with Gasteiger partial charge in [-0.1, -0.05) is 25.9 Å². The van der Waals surface area contributed by atoms with Gasteiger partial charge in [0, 0.05) is 31.8 Å². The Morgan fingerprint density at radius 3 is 2.68 bits per heavy atom. The van der Waals surface area contributed by atoms with E-state index < -0.39 is 0 Å². The third kappa shape index (κ3) is 7.12. The van der Waals surface area contributed by atoms with E-state index >= 15 is 0 Å². The summed E-state index contributed by atoms with van der Waals surface area (Å²) in [5.74, 6) is 1.48. The first-order chi connectivity index (χ1) is 8.63. The zero-order chi connectivity index (χ0) is 13.4. The van der Waals surface area contributed by atoms with Crippen molar-refractivity contribution in [3.63, 3.8) is 0 Å². The first-order valence-electron chi connectivity index (χ1n) is 6.43. The topological polar surface area (TPSA) is 80.0 Å². The molecule has 0 unspecified atom stereocenters. The van der Waals surface area contributed by atoms with Crippen molar-refractivity contribution in [2.45, 2.75) is 39.5 Å². The van der Waals surface area contributed by atoms with E-state index in [0.717, 1.165) is 13.1 Å². The van der Waals surface area contributed by atoms with Gasteiger partial charge in [0.2, 0.25) is 11.8 Å². The second-order valence-corrected chi connectivity index (χ2v) is 4.40. The highest BCUT2D eigenvalue weighted by atomic mass is 35.5. The Balaban J connectivity index is 0.00000324. The van der Waals surface area contributed by atoms with Crippen molar-refractivity contribution in [1.82, 2.24) is 20.8 Å². The summed E-state index contributed by atoms with van der Waals surface area (Å²) in [6.07, 6.45) is 0.874. The maximum absolute atomic E-state index is 11.5. The standard InChI is InChI=1S/C12H22N4O2.ClH/c1-4-13-7-8-14-10(17)5-6-11-15-12(9(2)3)16-18-11;/h9,13H,4-8H2,1-3H3,(H,14,17);1H. The molecule has 1 rings (SSSR count). The molecule has 19 heavy (non-hydrogen) atoms. The van der Waals surface area contributed by atoms with Crippen LogP contribution in [-0.4, -0.2) is 35.7 Å². The number of halogens is 1. The fourth-order valence-electron chi connectivity index (χ4n) is 1.38. The molecular formula is C12H23ClN4O2. The molecule has 0 bridgehead atoms. The highest BCUT2D eigenvalue weighted by molar-refractivity contribution is 5.85. The number of carbonyl (C=O) groups is 1. The van der Waals surface area contributed by atoms with Gasteiger partial charge in [0.25, 0.3) is 0 Å². The summed E-state index contributed by atoms with van der Waals surface area (Å²) < 4.78 is 5.07. The lowest BCUT2D eigenvalue weighted by molar-refractivity contribution is -0.121. The summed E-state index contributed by atoms with van der Waals surface area (Å²) >= 11 is 0. The lowest BCUT2D eigenvalue weighted by Crippen LogP contribution is -2.31. The Bertz CT molecular complexity index is 368. The predicted molar refractivity (Wildman–Crippen MR) is 75.5 cm³/mol. The SMILES string of the molecule is CCNCCNC(=O)CCc1nc(C(C)C)no1.Cl. The Kier molecular flexibility index (Phi) is 9.16. The van der Waals surface area contributed by atoms with Crippen LogP contribution in [0.4, 0.5) is 0 Å². The van der Waals surface area contributed by atoms with Gasteiger partial charge >= 0.3 is 0 Å². The normalized spacial score (nSPS) is 10.3. The molecule has 2 N–H and O–H groups in total. The van der Waals surface area contributed by atoms with E-state index in [9.17, 15) is 4.79 Å². The number of aryl methyl sites for hydroxylation is 1. The minimum atomic E-state index is 0.